The zero-order chi connectivity index (χ0) is 16.1. The van der Waals surface area contributed by atoms with Gasteiger partial charge >= 0.3 is 0 Å². The molecule has 11 nitrogen and oxygen atoms in total. The van der Waals surface area contributed by atoms with E-state index in [1.54, 1.807) is 0 Å². The van der Waals surface area contributed by atoms with Crippen LogP contribution in [0.25, 0.3) is 0 Å². The number of hydrogen-bond acceptors (Lipinski definition) is 10. The van der Waals surface area contributed by atoms with E-state index in [1.165, 1.54) is 4.90 Å². The van der Waals surface area contributed by atoms with Gasteiger partial charge in [0, 0.05) is 0 Å². The summed E-state index contributed by atoms with van der Waals surface area (Å²) in [5.74, 6) is -1.16. The number of nitrogens with two attached hydrogens (primary N) is 1. The number of guanidine groups is 1. The molecule has 3 aliphatic heterocycles. The Morgan fingerprint density at radius 3 is 2.64 bits per heavy atom. The molecule has 1 saturated heterocycles. The summed E-state index contributed by atoms with van der Waals surface area (Å²) >= 11 is 0. The van der Waals surface area contributed by atoms with Gasteiger partial charge in [-0.15, -0.1) is 0 Å². The third-order valence-electron chi connectivity index (χ3n) is 3.83. The molecule has 5 atom stereocenters. The van der Waals surface area contributed by atoms with Crippen LogP contribution in [0.1, 0.15) is 0 Å². The minimum absolute atomic E-state index is 0.0534. The van der Waals surface area contributed by atoms with Crippen molar-refractivity contribution < 1.29 is 30.0 Å². The van der Waals surface area contributed by atoms with Crippen molar-refractivity contribution >= 4 is 24.0 Å². The number of aliphatic hydroxyl groups is 4. The monoisotopic (exact) mass is 313 g/mol. The average Bonchev–Trinajstić information content (AvgIpc) is 2.99. The van der Waals surface area contributed by atoms with E-state index < -0.39 is 49.2 Å². The molecule has 1 fully saturated rings. The molecule has 6 N–H and O–H groups in total. The molecule has 11 heteroatoms. The predicted octanol–water partition coefficient (Wildman–Crippen LogP) is -4.25. The fourth-order valence-electron chi connectivity index (χ4n) is 2.59. The number of aliphatic imine (C=N–C) groups is 3. The van der Waals surface area contributed by atoms with Crippen LogP contribution in [0, 0.1) is 0 Å². The van der Waals surface area contributed by atoms with Gasteiger partial charge in [0.25, 0.3) is 5.91 Å². The van der Waals surface area contributed by atoms with E-state index >= 15 is 0 Å². The van der Waals surface area contributed by atoms with E-state index in [9.17, 15) is 20.1 Å². The third-order valence-corrected chi connectivity index (χ3v) is 3.83. The topological polar surface area (TPSA) is 174 Å². The first kappa shape index (κ1) is 15.0. The minimum Gasteiger partial charge on any atom is -0.394 e. The summed E-state index contributed by atoms with van der Waals surface area (Å²) in [6.45, 7) is -1.19. The van der Waals surface area contributed by atoms with Gasteiger partial charge in [0.15, 0.2) is 12.1 Å². The van der Waals surface area contributed by atoms with Gasteiger partial charge in [0.1, 0.15) is 18.3 Å². The van der Waals surface area contributed by atoms with Crippen LogP contribution in [0.5, 0.6) is 0 Å². The maximum atomic E-state index is 12.0. The van der Waals surface area contributed by atoms with Crippen molar-refractivity contribution in [3.05, 3.63) is 0 Å². The Morgan fingerprint density at radius 2 is 2.05 bits per heavy atom. The van der Waals surface area contributed by atoms with Crippen molar-refractivity contribution in [2.75, 3.05) is 13.2 Å². The van der Waals surface area contributed by atoms with E-state index in [2.05, 4.69) is 15.0 Å². The Morgan fingerprint density at radius 1 is 1.32 bits per heavy atom. The van der Waals surface area contributed by atoms with Gasteiger partial charge in [0.05, 0.1) is 19.6 Å². The van der Waals surface area contributed by atoms with Crippen LogP contribution in [-0.4, -0.2) is 92.7 Å². The zero-order valence-corrected chi connectivity index (χ0v) is 11.3. The molecule has 0 aromatic rings. The zero-order valence-electron chi connectivity index (χ0n) is 11.3. The highest BCUT2D eigenvalue weighted by atomic mass is 16.6. The molecule has 3 heterocycles. The van der Waals surface area contributed by atoms with Crippen molar-refractivity contribution in [1.82, 2.24) is 4.90 Å². The molecule has 0 bridgehead atoms. The minimum atomic E-state index is -1.73. The number of fused-ring (bicyclic) bond motifs is 1. The van der Waals surface area contributed by atoms with Gasteiger partial charge in [-0.2, -0.15) is 9.98 Å². The fraction of sp³-hybridized carbons (Fsp3) is 0.636. The van der Waals surface area contributed by atoms with Crippen LogP contribution in [0.2, 0.25) is 0 Å². The molecule has 0 aliphatic carbocycles. The third kappa shape index (κ3) is 1.87. The highest BCUT2D eigenvalue weighted by Gasteiger charge is 2.56. The number of carbonyl (C=O) groups excluding carboxylic acids is 1. The number of nitrogens with zero attached hydrogens (tertiary/aromatic N) is 4. The predicted molar refractivity (Wildman–Crippen MR) is 72.0 cm³/mol. The second kappa shape index (κ2) is 5.07. The lowest BCUT2D eigenvalue weighted by Gasteiger charge is -2.31. The van der Waals surface area contributed by atoms with Gasteiger partial charge in [-0.05, 0) is 0 Å². The number of carbonyl (C=O) groups is 1. The van der Waals surface area contributed by atoms with Gasteiger partial charge in [-0.1, -0.05) is 0 Å². The Kier molecular flexibility index (Phi) is 3.45. The quantitative estimate of drug-likeness (QED) is 0.348. The van der Waals surface area contributed by atoms with Crippen molar-refractivity contribution in [1.29, 1.82) is 0 Å². The van der Waals surface area contributed by atoms with Crippen molar-refractivity contribution in [3.8, 4) is 0 Å². The number of amidine groups is 1. The highest BCUT2D eigenvalue weighted by molar-refractivity contribution is 6.25. The van der Waals surface area contributed by atoms with Crippen LogP contribution in [-0.2, 0) is 9.53 Å². The smallest absolute Gasteiger partial charge is 0.287 e. The first-order valence-electron chi connectivity index (χ1n) is 6.49. The van der Waals surface area contributed by atoms with Gasteiger partial charge in [-0.25, -0.2) is 4.99 Å². The van der Waals surface area contributed by atoms with Crippen molar-refractivity contribution in [2.45, 2.75) is 30.1 Å². The summed E-state index contributed by atoms with van der Waals surface area (Å²) in [4.78, 5) is 24.5. The normalized spacial score (nSPS) is 40.7. The average molecular weight is 313 g/mol. The van der Waals surface area contributed by atoms with E-state index in [0.29, 0.717) is 0 Å². The maximum absolute atomic E-state index is 12.0. The Balaban J connectivity index is 1.96. The Hall–Kier alpha value is -1.92. The standard InChI is InChI=1S/C11H15N5O6/c12-10-14-8-11(2-18,9(21)15-10)13-3-16(8)7-6(20)5(19)4(1-17)22-7/h3-7,17-20H,1-2H2,(H2,12,15,21)/t4-,5-,6-,7-,11?/m1/s1. The lowest BCUT2D eigenvalue weighted by molar-refractivity contribution is -0.121. The molecule has 1 amide bonds. The fourth-order valence-corrected chi connectivity index (χ4v) is 2.59. The van der Waals surface area contributed by atoms with Gasteiger partial charge in [0.2, 0.25) is 11.5 Å². The van der Waals surface area contributed by atoms with Crippen LogP contribution in [0.4, 0.5) is 0 Å². The summed E-state index contributed by atoms with van der Waals surface area (Å²) in [6.07, 6.45) is -3.68. The molecule has 0 radical (unpaired) electrons. The molecular weight excluding hydrogens is 298 g/mol. The molecule has 22 heavy (non-hydrogen) atoms. The van der Waals surface area contributed by atoms with Crippen LogP contribution in [0.15, 0.2) is 15.0 Å². The number of amides is 1. The van der Waals surface area contributed by atoms with Crippen LogP contribution >= 0.6 is 0 Å². The molecular formula is C11H15N5O6. The van der Waals surface area contributed by atoms with Crippen LogP contribution < -0.4 is 5.73 Å². The molecule has 120 valence electrons. The molecule has 0 spiro atoms. The summed E-state index contributed by atoms with van der Waals surface area (Å²) in [7, 11) is 0. The van der Waals surface area contributed by atoms with E-state index in [1.807, 2.05) is 0 Å². The molecule has 3 rings (SSSR count). The van der Waals surface area contributed by atoms with E-state index in [4.69, 9.17) is 15.6 Å². The molecule has 0 aromatic heterocycles. The number of ether oxygens (including phenoxy) is 1. The molecule has 3 aliphatic rings. The Labute approximate surface area is 124 Å². The van der Waals surface area contributed by atoms with E-state index in [-0.39, 0.29) is 11.8 Å². The largest absolute Gasteiger partial charge is 0.394 e. The number of aliphatic hydroxyl groups excluding tert-OH is 4. The van der Waals surface area contributed by atoms with Gasteiger partial charge in [-0.3, -0.25) is 9.69 Å². The number of rotatable bonds is 3. The number of hydrogen-bond donors (Lipinski definition) is 5. The second-order valence-corrected chi connectivity index (χ2v) is 5.11. The summed E-state index contributed by atoms with van der Waals surface area (Å²) < 4.78 is 5.36. The summed E-state index contributed by atoms with van der Waals surface area (Å²) in [5.41, 5.74) is 3.73. The van der Waals surface area contributed by atoms with E-state index in [0.717, 1.165) is 6.34 Å². The summed E-state index contributed by atoms with van der Waals surface area (Å²) in [5, 5.41) is 38.5. The first-order chi connectivity index (χ1) is 10.4. The SMILES string of the molecule is NC1=NC(=O)C2(CO)N=CN([C@@H]3O[C@H](CO)[C@@H](O)[C@H]3O)C2=N1. The maximum Gasteiger partial charge on any atom is 0.287 e. The lowest BCUT2D eigenvalue weighted by atomic mass is 9.98. The molecule has 0 aromatic carbocycles. The van der Waals surface area contributed by atoms with Crippen LogP contribution in [0.3, 0.4) is 0 Å². The molecule has 1 unspecified atom stereocenters. The van der Waals surface area contributed by atoms with Crippen molar-refractivity contribution in [3.63, 3.8) is 0 Å². The van der Waals surface area contributed by atoms with Gasteiger partial charge < -0.3 is 30.9 Å². The summed E-state index contributed by atoms with van der Waals surface area (Å²) in [6, 6.07) is 0. The second-order valence-electron chi connectivity index (χ2n) is 5.11. The lowest BCUT2D eigenvalue weighted by Crippen LogP contribution is -2.56. The van der Waals surface area contributed by atoms with Crippen molar-refractivity contribution in [2.24, 2.45) is 20.7 Å². The highest BCUT2D eigenvalue weighted by Crippen LogP contribution is 2.31. The Bertz CT molecular complexity index is 592. The first-order valence-corrected chi connectivity index (χ1v) is 6.49. The molecule has 0 saturated carbocycles.